The second-order valence-electron chi connectivity index (χ2n) is 7.94. The maximum atomic E-state index is 12.9. The number of piperidine rings is 1. The van der Waals surface area contributed by atoms with Gasteiger partial charge in [-0.1, -0.05) is 32.0 Å². The fraction of sp³-hybridized carbons (Fsp3) is 0.391. The molecule has 2 aromatic rings. The summed E-state index contributed by atoms with van der Waals surface area (Å²) >= 11 is 0. The maximum absolute atomic E-state index is 12.9. The van der Waals surface area contributed by atoms with Crippen molar-refractivity contribution in [2.75, 3.05) is 13.1 Å². The Morgan fingerprint density at radius 3 is 2.59 bits per heavy atom. The Morgan fingerprint density at radius 2 is 1.93 bits per heavy atom. The highest BCUT2D eigenvalue weighted by Crippen LogP contribution is 2.24. The van der Waals surface area contributed by atoms with E-state index >= 15 is 0 Å². The van der Waals surface area contributed by atoms with E-state index in [-0.39, 0.29) is 23.2 Å². The molecule has 1 aromatic heterocycles. The first kappa shape index (κ1) is 20.7. The first-order valence-corrected chi connectivity index (χ1v) is 9.97. The third-order valence-electron chi connectivity index (χ3n) is 5.22. The minimum Gasteiger partial charge on any atom is -0.478 e. The van der Waals surface area contributed by atoms with Crippen LogP contribution in [0.2, 0.25) is 0 Å². The number of Topliss-reactive ketones (excluding diaryl/α,β-unsaturated/α-hetero) is 1. The molecule has 0 radical (unpaired) electrons. The first-order valence-electron chi connectivity index (χ1n) is 9.97. The van der Waals surface area contributed by atoms with E-state index in [9.17, 15) is 19.5 Å². The quantitative estimate of drug-likeness (QED) is 0.802. The third kappa shape index (κ3) is 4.88. The van der Waals surface area contributed by atoms with Crippen LogP contribution in [0.4, 0.5) is 0 Å². The highest BCUT2D eigenvalue weighted by atomic mass is 16.4. The van der Waals surface area contributed by atoms with Gasteiger partial charge in [0.2, 0.25) is 0 Å². The second kappa shape index (κ2) is 8.99. The predicted molar refractivity (Wildman–Crippen MR) is 110 cm³/mol. The van der Waals surface area contributed by atoms with Crippen LogP contribution in [0.15, 0.2) is 42.6 Å². The van der Waals surface area contributed by atoms with E-state index < -0.39 is 5.97 Å². The van der Waals surface area contributed by atoms with Gasteiger partial charge in [0.15, 0.2) is 0 Å². The number of hydrogen-bond acceptors (Lipinski definition) is 4. The van der Waals surface area contributed by atoms with Gasteiger partial charge in [-0.25, -0.2) is 4.79 Å². The predicted octanol–water partition coefficient (Wildman–Crippen LogP) is 3.91. The van der Waals surface area contributed by atoms with Crippen molar-refractivity contribution in [2.45, 2.75) is 33.1 Å². The number of aromatic carboxylic acids is 1. The molecule has 1 N–H and O–H groups in total. The zero-order valence-corrected chi connectivity index (χ0v) is 16.8. The van der Waals surface area contributed by atoms with Gasteiger partial charge >= 0.3 is 5.97 Å². The topological polar surface area (TPSA) is 87.6 Å². The molecule has 0 bridgehead atoms. The molecule has 1 aliphatic heterocycles. The lowest BCUT2D eigenvalue weighted by atomic mass is 9.89. The molecule has 1 aromatic carbocycles. The van der Waals surface area contributed by atoms with Gasteiger partial charge < -0.3 is 10.0 Å². The summed E-state index contributed by atoms with van der Waals surface area (Å²) in [4.78, 5) is 42.8. The van der Waals surface area contributed by atoms with Crippen molar-refractivity contribution in [1.82, 2.24) is 9.88 Å². The van der Waals surface area contributed by atoms with E-state index in [1.165, 1.54) is 12.3 Å². The van der Waals surface area contributed by atoms with Crippen LogP contribution in [-0.4, -0.2) is 45.7 Å². The summed E-state index contributed by atoms with van der Waals surface area (Å²) in [5.74, 6) is -0.703. The average Bonchev–Trinajstić information content (AvgIpc) is 2.73. The molecular formula is C23H26N2O4. The van der Waals surface area contributed by atoms with Gasteiger partial charge in [0.1, 0.15) is 5.78 Å². The normalized spacial score (nSPS) is 16.7. The van der Waals surface area contributed by atoms with Crippen LogP contribution in [0.1, 0.15) is 53.8 Å². The Hall–Kier alpha value is -3.02. The Morgan fingerprint density at radius 1 is 1.17 bits per heavy atom. The van der Waals surface area contributed by atoms with Crippen molar-refractivity contribution >= 4 is 17.7 Å². The largest absolute Gasteiger partial charge is 0.478 e. The van der Waals surface area contributed by atoms with Crippen LogP contribution in [0.3, 0.4) is 0 Å². The number of benzene rings is 1. The number of hydrogen-bond donors (Lipinski definition) is 1. The molecule has 0 unspecified atom stereocenters. The van der Waals surface area contributed by atoms with Gasteiger partial charge in [0.25, 0.3) is 5.91 Å². The van der Waals surface area contributed by atoms with Gasteiger partial charge in [-0.2, -0.15) is 0 Å². The molecule has 6 nitrogen and oxygen atoms in total. The monoisotopic (exact) mass is 394 g/mol. The van der Waals surface area contributed by atoms with Crippen LogP contribution >= 0.6 is 0 Å². The van der Waals surface area contributed by atoms with Crippen LogP contribution in [0.25, 0.3) is 11.3 Å². The number of likely N-dealkylation sites (tertiary alicyclic amines) is 1. The SMILES string of the molecule is CC(C)CC(=O)[C@H]1CCCN(C(=O)c2ccc(-c3ccccc3C(=O)O)nc2)C1. The minimum atomic E-state index is -1.02. The van der Waals surface area contributed by atoms with Crippen molar-refractivity contribution in [3.8, 4) is 11.3 Å². The average molecular weight is 394 g/mol. The molecule has 152 valence electrons. The number of carbonyl (C=O) groups excluding carboxylic acids is 2. The van der Waals surface area contributed by atoms with Gasteiger partial charge in [-0.15, -0.1) is 0 Å². The van der Waals surface area contributed by atoms with Gasteiger partial charge in [-0.05, 0) is 37.0 Å². The van der Waals surface area contributed by atoms with Gasteiger partial charge in [0.05, 0.1) is 16.8 Å². The van der Waals surface area contributed by atoms with E-state index in [2.05, 4.69) is 4.98 Å². The Balaban J connectivity index is 1.74. The summed E-state index contributed by atoms with van der Waals surface area (Å²) in [6.45, 7) is 5.14. The number of carboxylic acid groups (broad SMARTS) is 1. The van der Waals surface area contributed by atoms with Crippen molar-refractivity contribution in [2.24, 2.45) is 11.8 Å². The molecule has 0 saturated carbocycles. The number of carbonyl (C=O) groups is 3. The molecule has 0 spiro atoms. The van der Waals surface area contributed by atoms with Crippen molar-refractivity contribution in [1.29, 1.82) is 0 Å². The lowest BCUT2D eigenvalue weighted by molar-refractivity contribution is -0.124. The third-order valence-corrected chi connectivity index (χ3v) is 5.22. The molecule has 0 aliphatic carbocycles. The number of nitrogens with zero attached hydrogens (tertiary/aromatic N) is 2. The highest BCUT2D eigenvalue weighted by Gasteiger charge is 2.29. The fourth-order valence-corrected chi connectivity index (χ4v) is 3.75. The Kier molecular flexibility index (Phi) is 6.42. The number of aromatic nitrogens is 1. The van der Waals surface area contributed by atoms with E-state index in [0.29, 0.717) is 42.2 Å². The van der Waals surface area contributed by atoms with Crippen LogP contribution in [-0.2, 0) is 4.79 Å². The molecular weight excluding hydrogens is 368 g/mol. The van der Waals surface area contributed by atoms with Crippen molar-refractivity contribution < 1.29 is 19.5 Å². The van der Waals surface area contributed by atoms with Gasteiger partial charge in [0, 0.05) is 37.2 Å². The number of pyridine rings is 1. The molecule has 2 heterocycles. The molecule has 1 aliphatic rings. The van der Waals surface area contributed by atoms with Crippen LogP contribution < -0.4 is 0 Å². The lowest BCUT2D eigenvalue weighted by Crippen LogP contribution is -2.42. The highest BCUT2D eigenvalue weighted by molar-refractivity contribution is 5.97. The summed E-state index contributed by atoms with van der Waals surface area (Å²) in [6.07, 6.45) is 3.68. The first-order chi connectivity index (χ1) is 13.9. The van der Waals surface area contributed by atoms with E-state index in [1.54, 1.807) is 35.2 Å². The van der Waals surface area contributed by atoms with Crippen molar-refractivity contribution in [3.05, 3.63) is 53.7 Å². The number of rotatable bonds is 6. The zero-order chi connectivity index (χ0) is 21.0. The smallest absolute Gasteiger partial charge is 0.336 e. The van der Waals surface area contributed by atoms with Crippen LogP contribution in [0.5, 0.6) is 0 Å². The molecule has 6 heteroatoms. The molecule has 29 heavy (non-hydrogen) atoms. The molecule has 1 atom stereocenters. The molecule has 1 fully saturated rings. The summed E-state index contributed by atoms with van der Waals surface area (Å²) in [6, 6.07) is 9.98. The standard InChI is InChI=1S/C23H26N2O4/c1-15(2)12-21(26)17-6-5-11-25(14-17)22(27)16-9-10-20(24-13-16)18-7-3-4-8-19(18)23(28)29/h3-4,7-10,13,15,17H,5-6,11-12,14H2,1-2H3,(H,28,29)/t17-/m0/s1. The zero-order valence-electron chi connectivity index (χ0n) is 16.8. The lowest BCUT2D eigenvalue weighted by Gasteiger charge is -2.32. The second-order valence-corrected chi connectivity index (χ2v) is 7.94. The Bertz CT molecular complexity index is 905. The summed E-state index contributed by atoms with van der Waals surface area (Å²) in [5, 5.41) is 9.35. The van der Waals surface area contributed by atoms with Gasteiger partial charge in [-0.3, -0.25) is 14.6 Å². The fourth-order valence-electron chi connectivity index (χ4n) is 3.75. The number of carboxylic acids is 1. The number of ketones is 1. The summed E-state index contributed by atoms with van der Waals surface area (Å²) < 4.78 is 0. The van der Waals surface area contributed by atoms with E-state index in [1.807, 2.05) is 13.8 Å². The van der Waals surface area contributed by atoms with Crippen LogP contribution in [0, 0.1) is 11.8 Å². The molecule has 1 amide bonds. The van der Waals surface area contributed by atoms with Crippen molar-refractivity contribution in [3.63, 3.8) is 0 Å². The summed E-state index contributed by atoms with van der Waals surface area (Å²) in [5.41, 5.74) is 1.62. The maximum Gasteiger partial charge on any atom is 0.336 e. The molecule has 1 saturated heterocycles. The summed E-state index contributed by atoms with van der Waals surface area (Å²) in [7, 11) is 0. The number of amides is 1. The molecule has 3 rings (SSSR count). The minimum absolute atomic E-state index is 0.0928. The van der Waals surface area contributed by atoms with E-state index in [4.69, 9.17) is 0 Å². The van der Waals surface area contributed by atoms with E-state index in [0.717, 1.165) is 12.8 Å². The Labute approximate surface area is 170 Å².